The van der Waals surface area contributed by atoms with Gasteiger partial charge in [-0.2, -0.15) is 11.8 Å². The first-order valence-corrected chi connectivity index (χ1v) is 7.72. The van der Waals surface area contributed by atoms with Gasteiger partial charge in [0.05, 0.1) is 10.6 Å². The molecule has 0 amide bonds. The van der Waals surface area contributed by atoms with Crippen LogP contribution in [0.2, 0.25) is 0 Å². The molecule has 17 heavy (non-hydrogen) atoms. The van der Waals surface area contributed by atoms with E-state index < -0.39 is 0 Å². The van der Waals surface area contributed by atoms with Gasteiger partial charge in [-0.15, -0.1) is 11.3 Å². The Labute approximate surface area is 109 Å². The lowest BCUT2D eigenvalue weighted by molar-refractivity contribution is 0.385. The van der Waals surface area contributed by atoms with E-state index in [0.29, 0.717) is 0 Å². The van der Waals surface area contributed by atoms with E-state index in [0.717, 1.165) is 28.1 Å². The number of hydrogen-bond donors (Lipinski definition) is 1. The van der Waals surface area contributed by atoms with Crippen LogP contribution in [-0.4, -0.2) is 23.8 Å². The van der Waals surface area contributed by atoms with Gasteiger partial charge in [-0.25, -0.2) is 4.98 Å². The summed E-state index contributed by atoms with van der Waals surface area (Å²) in [5, 5.41) is 5.33. The fourth-order valence-electron chi connectivity index (χ4n) is 1.68. The van der Waals surface area contributed by atoms with Crippen LogP contribution in [0.3, 0.4) is 0 Å². The molecule has 2 aromatic rings. The number of hydrogen-bond acceptors (Lipinski definition) is 5. The van der Waals surface area contributed by atoms with Crippen LogP contribution >= 0.6 is 23.1 Å². The van der Waals surface area contributed by atoms with E-state index in [1.165, 1.54) is 18.8 Å². The average Bonchev–Trinajstić information content (AvgIpc) is 2.91. The lowest BCUT2D eigenvalue weighted by atomic mass is 10.1. The summed E-state index contributed by atoms with van der Waals surface area (Å²) in [6.45, 7) is 2.35. The van der Waals surface area contributed by atoms with Gasteiger partial charge in [0.1, 0.15) is 6.26 Å². The third-order valence-electron chi connectivity index (χ3n) is 2.75. The number of thiophene rings is 1. The zero-order valence-electron chi connectivity index (χ0n) is 9.39. The molecule has 0 unspecified atom stereocenters. The first kappa shape index (κ1) is 11.3. The van der Waals surface area contributed by atoms with Crippen LogP contribution in [0.5, 0.6) is 0 Å². The quantitative estimate of drug-likeness (QED) is 0.903. The predicted molar refractivity (Wildman–Crippen MR) is 72.3 cm³/mol. The van der Waals surface area contributed by atoms with E-state index >= 15 is 0 Å². The molecule has 1 aliphatic heterocycles. The molecule has 2 aromatic heterocycles. The van der Waals surface area contributed by atoms with Crippen molar-refractivity contribution < 1.29 is 4.42 Å². The molecular formula is C12H14N2OS2. The van der Waals surface area contributed by atoms with Crippen LogP contribution in [-0.2, 0) is 5.75 Å². The van der Waals surface area contributed by atoms with E-state index in [4.69, 9.17) is 4.42 Å². The molecule has 0 aliphatic carbocycles. The molecule has 5 heteroatoms. The van der Waals surface area contributed by atoms with E-state index in [9.17, 15) is 0 Å². The molecule has 0 aromatic carbocycles. The third kappa shape index (κ3) is 2.73. The monoisotopic (exact) mass is 266 g/mol. The second-order valence-electron chi connectivity index (χ2n) is 4.16. The number of nitrogens with zero attached hydrogens (tertiary/aromatic N) is 1. The van der Waals surface area contributed by atoms with Gasteiger partial charge in [-0.05, 0) is 36.2 Å². The van der Waals surface area contributed by atoms with Gasteiger partial charge in [-0.1, -0.05) is 6.07 Å². The second-order valence-corrected chi connectivity index (χ2v) is 6.14. The van der Waals surface area contributed by atoms with E-state index in [1.54, 1.807) is 17.6 Å². The van der Waals surface area contributed by atoms with E-state index in [1.807, 2.05) is 29.3 Å². The topological polar surface area (TPSA) is 38.1 Å². The lowest BCUT2D eigenvalue weighted by Gasteiger charge is -2.26. The summed E-state index contributed by atoms with van der Waals surface area (Å²) in [6, 6.07) is 4.05. The summed E-state index contributed by atoms with van der Waals surface area (Å²) >= 11 is 3.60. The highest BCUT2D eigenvalue weighted by molar-refractivity contribution is 7.98. The van der Waals surface area contributed by atoms with Crippen molar-refractivity contribution in [3.05, 3.63) is 29.5 Å². The summed E-state index contributed by atoms with van der Waals surface area (Å²) < 4.78 is 5.48. The summed E-state index contributed by atoms with van der Waals surface area (Å²) in [5.41, 5.74) is 1.05. The fraction of sp³-hybridized carbons (Fsp3) is 0.417. The van der Waals surface area contributed by atoms with E-state index in [2.05, 4.69) is 10.3 Å². The minimum Gasteiger partial charge on any atom is -0.444 e. The lowest BCUT2D eigenvalue weighted by Crippen LogP contribution is -2.43. The highest BCUT2D eigenvalue weighted by atomic mass is 32.2. The molecule has 0 spiro atoms. The minimum atomic E-state index is 0.751. The molecule has 3 nitrogen and oxygen atoms in total. The maximum atomic E-state index is 5.48. The molecule has 0 bridgehead atoms. The van der Waals surface area contributed by atoms with Crippen molar-refractivity contribution in [1.82, 2.24) is 10.3 Å². The first-order valence-electron chi connectivity index (χ1n) is 5.68. The number of oxazole rings is 1. The Balaban J connectivity index is 1.53. The summed E-state index contributed by atoms with van der Waals surface area (Å²) in [5.74, 6) is 3.77. The largest absolute Gasteiger partial charge is 0.444 e. The molecule has 1 N–H and O–H groups in total. The van der Waals surface area contributed by atoms with Gasteiger partial charge >= 0.3 is 0 Å². The molecule has 0 atom stereocenters. The maximum Gasteiger partial charge on any atom is 0.236 e. The normalized spacial score (nSPS) is 16.0. The highest BCUT2D eigenvalue weighted by Crippen LogP contribution is 2.25. The summed E-state index contributed by atoms with van der Waals surface area (Å²) in [6.07, 6.45) is 1.78. The molecule has 3 rings (SSSR count). The van der Waals surface area contributed by atoms with Gasteiger partial charge < -0.3 is 9.73 Å². The number of rotatable bonds is 5. The molecular weight excluding hydrogens is 252 g/mol. The van der Waals surface area contributed by atoms with Crippen LogP contribution in [0.15, 0.2) is 28.2 Å². The number of nitrogens with one attached hydrogen (secondary N) is 1. The minimum absolute atomic E-state index is 0.751. The van der Waals surface area contributed by atoms with Crippen LogP contribution in [0, 0.1) is 5.92 Å². The molecule has 90 valence electrons. The smallest absolute Gasteiger partial charge is 0.236 e. The van der Waals surface area contributed by atoms with Gasteiger partial charge in [-0.3, -0.25) is 0 Å². The first-order chi connectivity index (χ1) is 8.42. The number of thioether (sulfide) groups is 1. The van der Waals surface area contributed by atoms with Crippen molar-refractivity contribution in [1.29, 1.82) is 0 Å². The SMILES string of the molecule is c1csc(-c2nc(CSCC3CNC3)co2)c1. The van der Waals surface area contributed by atoms with E-state index in [-0.39, 0.29) is 0 Å². The third-order valence-corrected chi connectivity index (χ3v) is 4.82. The van der Waals surface area contributed by atoms with Crippen molar-refractivity contribution in [3.63, 3.8) is 0 Å². The highest BCUT2D eigenvalue weighted by Gasteiger charge is 2.16. The maximum absolute atomic E-state index is 5.48. The van der Waals surface area contributed by atoms with Gasteiger partial charge in [0.2, 0.25) is 5.89 Å². The summed E-state index contributed by atoms with van der Waals surface area (Å²) in [4.78, 5) is 5.60. The van der Waals surface area contributed by atoms with Crippen molar-refractivity contribution in [2.45, 2.75) is 5.75 Å². The zero-order valence-corrected chi connectivity index (χ0v) is 11.0. The zero-order chi connectivity index (χ0) is 11.5. The standard InChI is InChI=1S/C12H14N2OS2/c1-2-11(17-3-1)12-14-10(6-15-12)8-16-7-9-4-13-5-9/h1-3,6,9,13H,4-5,7-8H2. The Hall–Kier alpha value is -0.780. The van der Waals surface area contributed by atoms with Crippen LogP contribution in [0.25, 0.3) is 10.8 Å². The average molecular weight is 266 g/mol. The molecule has 0 saturated carbocycles. The van der Waals surface area contributed by atoms with Crippen LogP contribution < -0.4 is 5.32 Å². The summed E-state index contributed by atoms with van der Waals surface area (Å²) in [7, 11) is 0. The Morgan fingerprint density at radius 3 is 3.18 bits per heavy atom. The Bertz CT molecular complexity index is 463. The van der Waals surface area contributed by atoms with Crippen molar-refractivity contribution in [2.75, 3.05) is 18.8 Å². The molecule has 1 fully saturated rings. The van der Waals surface area contributed by atoms with Crippen LogP contribution in [0.4, 0.5) is 0 Å². The Morgan fingerprint density at radius 1 is 1.53 bits per heavy atom. The molecule has 3 heterocycles. The molecule has 0 radical (unpaired) electrons. The van der Waals surface area contributed by atoms with Crippen molar-refractivity contribution >= 4 is 23.1 Å². The van der Waals surface area contributed by atoms with Gasteiger partial charge in [0.25, 0.3) is 0 Å². The van der Waals surface area contributed by atoms with Gasteiger partial charge in [0, 0.05) is 5.75 Å². The van der Waals surface area contributed by atoms with Crippen molar-refractivity contribution in [2.24, 2.45) is 5.92 Å². The Morgan fingerprint density at radius 2 is 2.47 bits per heavy atom. The van der Waals surface area contributed by atoms with Crippen molar-refractivity contribution in [3.8, 4) is 10.8 Å². The Kier molecular flexibility index (Phi) is 3.49. The second kappa shape index (κ2) is 5.25. The predicted octanol–water partition coefficient (Wildman–Crippen LogP) is 2.86. The molecule has 1 aliphatic rings. The number of aromatic nitrogens is 1. The molecule has 1 saturated heterocycles. The van der Waals surface area contributed by atoms with Crippen LogP contribution in [0.1, 0.15) is 5.69 Å². The van der Waals surface area contributed by atoms with Gasteiger partial charge in [0.15, 0.2) is 0 Å². The fourth-order valence-corrected chi connectivity index (χ4v) is 3.37.